The molecule has 126 valence electrons. The minimum Gasteiger partial charge on any atom is -0.506 e. The molecule has 1 amide bonds. The number of hydrogen-bond donors (Lipinski definition) is 2. The molecule has 0 radical (unpaired) electrons. The lowest BCUT2D eigenvalue weighted by Gasteiger charge is -2.09. The molecule has 0 saturated carbocycles. The van der Waals surface area contributed by atoms with E-state index in [9.17, 15) is 23.1 Å². The average Bonchev–Trinajstić information content (AvgIpc) is 2.50. The Hall–Kier alpha value is -2.25. The first-order chi connectivity index (χ1) is 11.2. The fourth-order valence-electron chi connectivity index (χ4n) is 1.71. The number of nitrogens with zero attached hydrogens (tertiary/aromatic N) is 1. The minimum atomic E-state index is -4.63. The Balaban J connectivity index is 2.18. The zero-order valence-corrected chi connectivity index (χ0v) is 13.2. The van der Waals surface area contributed by atoms with Gasteiger partial charge in [-0.05, 0) is 36.4 Å². The predicted molar refractivity (Wildman–Crippen MR) is 84.6 cm³/mol. The fraction of sp³-hybridized carbons (Fsp3) is 0.0667. The summed E-state index contributed by atoms with van der Waals surface area (Å²) in [4.78, 5) is 11.8. The lowest BCUT2D eigenvalue weighted by atomic mass is 10.1. The van der Waals surface area contributed by atoms with E-state index < -0.39 is 28.4 Å². The molecule has 0 spiro atoms. The molecule has 0 aliphatic carbocycles. The number of benzene rings is 2. The highest BCUT2D eigenvalue weighted by atomic mass is 35.5. The van der Waals surface area contributed by atoms with Gasteiger partial charge < -0.3 is 5.11 Å². The van der Waals surface area contributed by atoms with E-state index in [4.69, 9.17) is 23.2 Å². The Bertz CT molecular complexity index is 791. The normalized spacial score (nSPS) is 11.7. The third kappa shape index (κ3) is 4.39. The monoisotopic (exact) mass is 376 g/mol. The number of rotatable bonds is 3. The average molecular weight is 377 g/mol. The summed E-state index contributed by atoms with van der Waals surface area (Å²) in [5.41, 5.74) is 1.04. The third-order valence-corrected chi connectivity index (χ3v) is 3.44. The van der Waals surface area contributed by atoms with Gasteiger partial charge in [0, 0.05) is 16.1 Å². The molecular formula is C15H9Cl2F3N2O2. The first kappa shape index (κ1) is 18.1. The van der Waals surface area contributed by atoms with Crippen LogP contribution < -0.4 is 5.43 Å². The number of phenols is 1. The van der Waals surface area contributed by atoms with Crippen molar-refractivity contribution in [2.75, 3.05) is 0 Å². The standard InChI is InChI=1S/C15H9Cl2F3N2O2/c16-11-3-1-8(2-4-11)14(24)22-21-7-9-5-10(15(18,19)20)6-12(17)13(9)23/h1-7,23H,(H,22,24)/b21-7+. The maximum atomic E-state index is 12.7. The smallest absolute Gasteiger partial charge is 0.416 e. The van der Waals surface area contributed by atoms with Crippen molar-refractivity contribution in [2.24, 2.45) is 5.10 Å². The molecule has 0 saturated heterocycles. The first-order valence-electron chi connectivity index (χ1n) is 6.37. The Morgan fingerprint density at radius 2 is 1.79 bits per heavy atom. The summed E-state index contributed by atoms with van der Waals surface area (Å²) in [5.74, 6) is -1.17. The van der Waals surface area contributed by atoms with Crippen molar-refractivity contribution in [1.29, 1.82) is 0 Å². The van der Waals surface area contributed by atoms with Gasteiger partial charge in [-0.2, -0.15) is 18.3 Å². The molecule has 0 unspecified atom stereocenters. The van der Waals surface area contributed by atoms with E-state index in [0.717, 1.165) is 6.21 Å². The summed E-state index contributed by atoms with van der Waals surface area (Å²) in [6.45, 7) is 0. The zero-order chi connectivity index (χ0) is 17.9. The van der Waals surface area contributed by atoms with Gasteiger partial charge in [-0.25, -0.2) is 5.43 Å². The number of hydrazone groups is 1. The van der Waals surface area contributed by atoms with Crippen LogP contribution in [0.1, 0.15) is 21.5 Å². The molecule has 2 aromatic rings. The first-order valence-corrected chi connectivity index (χ1v) is 7.13. The molecule has 0 aliphatic heterocycles. The fourth-order valence-corrected chi connectivity index (χ4v) is 2.06. The summed E-state index contributed by atoms with van der Waals surface area (Å²) < 4.78 is 38.2. The largest absolute Gasteiger partial charge is 0.506 e. The molecule has 2 aromatic carbocycles. The van der Waals surface area contributed by atoms with Crippen LogP contribution in [0.3, 0.4) is 0 Å². The second kappa shape index (κ2) is 7.11. The summed E-state index contributed by atoms with van der Waals surface area (Å²) >= 11 is 11.3. The lowest BCUT2D eigenvalue weighted by Crippen LogP contribution is -2.17. The molecule has 2 rings (SSSR count). The number of carbonyl (C=O) groups is 1. The van der Waals surface area contributed by atoms with E-state index in [1.165, 1.54) is 24.3 Å². The molecule has 0 fully saturated rings. The number of alkyl halides is 3. The van der Waals surface area contributed by atoms with Crippen LogP contribution in [0.5, 0.6) is 5.75 Å². The Labute approximate surface area is 144 Å². The number of nitrogens with one attached hydrogen (secondary N) is 1. The number of phenolic OH excluding ortho intramolecular Hbond substituents is 1. The van der Waals surface area contributed by atoms with Crippen LogP contribution in [-0.4, -0.2) is 17.2 Å². The van der Waals surface area contributed by atoms with Gasteiger partial charge in [0.2, 0.25) is 0 Å². The number of halogens is 5. The van der Waals surface area contributed by atoms with Crippen LogP contribution in [0, 0.1) is 0 Å². The second-order valence-corrected chi connectivity index (χ2v) is 5.44. The summed E-state index contributed by atoms with van der Waals surface area (Å²) in [6.07, 6.45) is -3.77. The van der Waals surface area contributed by atoms with E-state index >= 15 is 0 Å². The number of carbonyl (C=O) groups excluding carboxylic acids is 1. The highest BCUT2D eigenvalue weighted by Gasteiger charge is 2.32. The Kier molecular flexibility index (Phi) is 5.36. The molecule has 0 heterocycles. The molecule has 9 heteroatoms. The molecule has 0 bridgehead atoms. The van der Waals surface area contributed by atoms with Crippen LogP contribution in [0.4, 0.5) is 13.2 Å². The van der Waals surface area contributed by atoms with Crippen LogP contribution in [0.25, 0.3) is 0 Å². The number of amides is 1. The van der Waals surface area contributed by atoms with Gasteiger partial charge in [-0.1, -0.05) is 23.2 Å². The van der Waals surface area contributed by atoms with Crippen molar-refractivity contribution in [3.8, 4) is 5.75 Å². The van der Waals surface area contributed by atoms with Crippen molar-refractivity contribution in [1.82, 2.24) is 5.43 Å². The van der Waals surface area contributed by atoms with E-state index in [-0.39, 0.29) is 11.1 Å². The molecule has 0 atom stereocenters. The van der Waals surface area contributed by atoms with Crippen LogP contribution in [0.15, 0.2) is 41.5 Å². The predicted octanol–water partition coefficient (Wildman–Crippen LogP) is 4.48. The van der Waals surface area contributed by atoms with Crippen molar-refractivity contribution < 1.29 is 23.1 Å². The maximum Gasteiger partial charge on any atom is 0.416 e. The molecule has 0 aromatic heterocycles. The van der Waals surface area contributed by atoms with Crippen molar-refractivity contribution in [3.05, 3.63) is 63.1 Å². The molecular weight excluding hydrogens is 368 g/mol. The molecule has 0 aliphatic rings. The third-order valence-electron chi connectivity index (χ3n) is 2.90. The van der Waals surface area contributed by atoms with E-state index in [0.29, 0.717) is 17.2 Å². The van der Waals surface area contributed by atoms with Gasteiger partial charge in [0.05, 0.1) is 16.8 Å². The highest BCUT2D eigenvalue weighted by molar-refractivity contribution is 6.32. The van der Waals surface area contributed by atoms with E-state index in [2.05, 4.69) is 10.5 Å². The lowest BCUT2D eigenvalue weighted by molar-refractivity contribution is -0.137. The molecule has 2 N–H and O–H groups in total. The van der Waals surface area contributed by atoms with Crippen molar-refractivity contribution >= 4 is 35.3 Å². The topological polar surface area (TPSA) is 61.7 Å². The zero-order valence-electron chi connectivity index (χ0n) is 11.7. The molecule has 4 nitrogen and oxygen atoms in total. The van der Waals surface area contributed by atoms with Gasteiger partial charge in [0.1, 0.15) is 5.75 Å². The van der Waals surface area contributed by atoms with Gasteiger partial charge in [-0.15, -0.1) is 0 Å². The minimum absolute atomic E-state index is 0.253. The Morgan fingerprint density at radius 3 is 2.38 bits per heavy atom. The highest BCUT2D eigenvalue weighted by Crippen LogP contribution is 2.36. The van der Waals surface area contributed by atoms with Gasteiger partial charge in [0.25, 0.3) is 5.91 Å². The van der Waals surface area contributed by atoms with Gasteiger partial charge in [-0.3, -0.25) is 4.79 Å². The SMILES string of the molecule is O=C(N/N=C/c1cc(C(F)(F)F)cc(Cl)c1O)c1ccc(Cl)cc1. The molecule has 24 heavy (non-hydrogen) atoms. The number of hydrogen-bond acceptors (Lipinski definition) is 3. The van der Waals surface area contributed by atoms with Crippen LogP contribution in [0.2, 0.25) is 10.0 Å². The maximum absolute atomic E-state index is 12.7. The van der Waals surface area contributed by atoms with E-state index in [1.807, 2.05) is 0 Å². The van der Waals surface area contributed by atoms with Gasteiger partial charge >= 0.3 is 6.18 Å². The quantitative estimate of drug-likeness (QED) is 0.612. The summed E-state index contributed by atoms with van der Waals surface area (Å²) in [7, 11) is 0. The van der Waals surface area contributed by atoms with Crippen molar-refractivity contribution in [3.63, 3.8) is 0 Å². The second-order valence-electron chi connectivity index (χ2n) is 4.60. The van der Waals surface area contributed by atoms with Crippen LogP contribution >= 0.6 is 23.2 Å². The van der Waals surface area contributed by atoms with Gasteiger partial charge in [0.15, 0.2) is 0 Å². The van der Waals surface area contributed by atoms with Crippen LogP contribution in [-0.2, 0) is 6.18 Å². The summed E-state index contributed by atoms with van der Waals surface area (Å²) in [6, 6.07) is 7.16. The van der Waals surface area contributed by atoms with Crippen molar-refractivity contribution in [2.45, 2.75) is 6.18 Å². The Morgan fingerprint density at radius 1 is 1.17 bits per heavy atom. The summed E-state index contributed by atoms with van der Waals surface area (Å²) in [5, 5.41) is 13.2. The number of aromatic hydroxyl groups is 1. The van der Waals surface area contributed by atoms with E-state index in [1.54, 1.807) is 0 Å².